The summed E-state index contributed by atoms with van der Waals surface area (Å²) in [6.07, 6.45) is 2.85. The number of hydrogen-bond donors (Lipinski definition) is 0. The molecule has 2 aromatic carbocycles. The Hall–Kier alpha value is -3.08. The highest BCUT2D eigenvalue weighted by Crippen LogP contribution is 2.48. The van der Waals surface area contributed by atoms with Crippen molar-refractivity contribution < 1.29 is 23.8 Å². The van der Waals surface area contributed by atoms with E-state index in [0.717, 1.165) is 23.3 Å². The van der Waals surface area contributed by atoms with Crippen LogP contribution < -0.4 is 14.2 Å². The minimum atomic E-state index is -0.239. The fourth-order valence-corrected chi connectivity index (χ4v) is 3.82. The van der Waals surface area contributed by atoms with Gasteiger partial charge >= 0.3 is 5.97 Å². The number of carbonyl (C=O) groups is 2. The molecule has 144 valence electrons. The number of methoxy groups -OCH3 is 1. The summed E-state index contributed by atoms with van der Waals surface area (Å²) in [5.74, 6) is 2.04. The number of carbonyl (C=O) groups excluding carboxylic acids is 2. The first kappa shape index (κ1) is 18.3. The molecule has 2 heterocycles. The standard InChI is InChI=1S/C23H22O5/c1-13(2)10-15-12-20(24)27-18-9-8-17-22(25)19(28-23(17)21(15)18)11-14-4-6-16(26-3)7-5-14/h4-9,11,13,15H,10,12H2,1-3H3/b19-11-/t15-/m0/s1. The molecule has 0 bridgehead atoms. The second-order valence-corrected chi connectivity index (χ2v) is 7.57. The second kappa shape index (κ2) is 7.15. The van der Waals surface area contributed by atoms with E-state index >= 15 is 0 Å². The summed E-state index contributed by atoms with van der Waals surface area (Å²) in [6, 6.07) is 10.8. The molecule has 5 heteroatoms. The molecule has 0 aromatic heterocycles. The zero-order valence-electron chi connectivity index (χ0n) is 16.2. The molecule has 0 fully saturated rings. The Bertz CT molecular complexity index is 969. The third kappa shape index (κ3) is 3.28. The van der Waals surface area contributed by atoms with E-state index < -0.39 is 0 Å². The first-order chi connectivity index (χ1) is 13.5. The van der Waals surface area contributed by atoms with Crippen LogP contribution in [0.15, 0.2) is 42.2 Å². The van der Waals surface area contributed by atoms with E-state index in [1.54, 1.807) is 25.3 Å². The summed E-state index contributed by atoms with van der Waals surface area (Å²) in [5, 5.41) is 0. The molecular formula is C23H22O5. The molecule has 0 saturated heterocycles. The zero-order valence-corrected chi connectivity index (χ0v) is 16.2. The van der Waals surface area contributed by atoms with Gasteiger partial charge in [0.05, 0.1) is 19.1 Å². The van der Waals surface area contributed by atoms with Gasteiger partial charge < -0.3 is 14.2 Å². The maximum atomic E-state index is 12.9. The monoisotopic (exact) mass is 378 g/mol. The summed E-state index contributed by atoms with van der Waals surface area (Å²) in [4.78, 5) is 24.9. The first-order valence-electron chi connectivity index (χ1n) is 9.42. The molecule has 1 atom stereocenters. The van der Waals surface area contributed by atoms with E-state index in [1.807, 2.05) is 24.3 Å². The molecular weight excluding hydrogens is 356 g/mol. The van der Waals surface area contributed by atoms with E-state index in [2.05, 4.69) is 13.8 Å². The predicted molar refractivity (Wildman–Crippen MR) is 105 cm³/mol. The van der Waals surface area contributed by atoms with Crippen molar-refractivity contribution in [2.24, 2.45) is 5.92 Å². The molecule has 2 aromatic rings. The highest BCUT2D eigenvalue weighted by molar-refractivity contribution is 6.15. The van der Waals surface area contributed by atoms with Crippen molar-refractivity contribution in [3.05, 3.63) is 58.8 Å². The van der Waals surface area contributed by atoms with Crippen molar-refractivity contribution in [2.75, 3.05) is 7.11 Å². The predicted octanol–water partition coefficient (Wildman–Crippen LogP) is 4.75. The van der Waals surface area contributed by atoms with Gasteiger partial charge in [0, 0.05) is 11.5 Å². The number of allylic oxidation sites excluding steroid dienone is 1. The van der Waals surface area contributed by atoms with Gasteiger partial charge in [-0.1, -0.05) is 26.0 Å². The van der Waals surface area contributed by atoms with Gasteiger partial charge in [0.15, 0.2) is 5.76 Å². The molecule has 0 spiro atoms. The van der Waals surface area contributed by atoms with Gasteiger partial charge in [0.25, 0.3) is 0 Å². The van der Waals surface area contributed by atoms with E-state index in [0.29, 0.717) is 29.4 Å². The van der Waals surface area contributed by atoms with Crippen LogP contribution in [0.5, 0.6) is 17.2 Å². The van der Waals surface area contributed by atoms with Gasteiger partial charge in [-0.15, -0.1) is 0 Å². The third-order valence-electron chi connectivity index (χ3n) is 5.05. The Morgan fingerprint density at radius 1 is 1.11 bits per heavy atom. The van der Waals surface area contributed by atoms with Crippen molar-refractivity contribution in [3.63, 3.8) is 0 Å². The van der Waals surface area contributed by atoms with Crippen molar-refractivity contribution in [1.29, 1.82) is 0 Å². The lowest BCUT2D eigenvalue weighted by Crippen LogP contribution is -2.21. The number of ketones is 1. The molecule has 5 nitrogen and oxygen atoms in total. The summed E-state index contributed by atoms with van der Waals surface area (Å²) >= 11 is 0. The second-order valence-electron chi connectivity index (χ2n) is 7.57. The van der Waals surface area contributed by atoms with Crippen LogP contribution in [0.1, 0.15) is 54.1 Å². The van der Waals surface area contributed by atoms with Crippen LogP contribution in [0.3, 0.4) is 0 Å². The quantitative estimate of drug-likeness (QED) is 0.436. The lowest BCUT2D eigenvalue weighted by molar-refractivity contribution is -0.136. The van der Waals surface area contributed by atoms with Crippen molar-refractivity contribution in [2.45, 2.75) is 32.6 Å². The Morgan fingerprint density at radius 3 is 2.54 bits per heavy atom. The smallest absolute Gasteiger partial charge is 0.311 e. The van der Waals surface area contributed by atoms with Gasteiger partial charge in [0.1, 0.15) is 17.2 Å². The molecule has 4 rings (SSSR count). The molecule has 28 heavy (non-hydrogen) atoms. The summed E-state index contributed by atoms with van der Waals surface area (Å²) < 4.78 is 16.6. The van der Waals surface area contributed by atoms with Crippen LogP contribution in [0.2, 0.25) is 0 Å². The van der Waals surface area contributed by atoms with Crippen LogP contribution in [0.4, 0.5) is 0 Å². The average Bonchev–Trinajstić information content (AvgIpc) is 2.97. The maximum absolute atomic E-state index is 12.9. The SMILES string of the molecule is COc1ccc(/C=C2\Oc3c(ccc4c3[C@@H](CC(C)C)CC(=O)O4)C2=O)cc1. The number of esters is 1. The van der Waals surface area contributed by atoms with E-state index in [1.165, 1.54) is 0 Å². The largest absolute Gasteiger partial charge is 0.497 e. The summed E-state index contributed by atoms with van der Waals surface area (Å²) in [7, 11) is 1.61. The zero-order chi connectivity index (χ0) is 19.8. The summed E-state index contributed by atoms with van der Waals surface area (Å²) in [6.45, 7) is 4.23. The van der Waals surface area contributed by atoms with Gasteiger partial charge in [-0.25, -0.2) is 0 Å². The Kier molecular flexibility index (Phi) is 4.67. The molecule has 2 aliphatic heterocycles. The lowest BCUT2D eigenvalue weighted by atomic mass is 9.84. The number of rotatable bonds is 4. The first-order valence-corrected chi connectivity index (χ1v) is 9.42. The fourth-order valence-electron chi connectivity index (χ4n) is 3.82. The normalized spacial score (nSPS) is 19.3. The summed E-state index contributed by atoms with van der Waals surface area (Å²) in [5.41, 5.74) is 2.19. The lowest BCUT2D eigenvalue weighted by Gasteiger charge is -2.27. The van der Waals surface area contributed by atoms with Crippen molar-refractivity contribution >= 4 is 17.8 Å². The number of fused-ring (bicyclic) bond motifs is 3. The molecule has 2 aliphatic rings. The highest BCUT2D eigenvalue weighted by Gasteiger charge is 2.37. The van der Waals surface area contributed by atoms with E-state index in [-0.39, 0.29) is 23.4 Å². The van der Waals surface area contributed by atoms with Crippen molar-refractivity contribution in [3.8, 4) is 17.2 Å². The minimum Gasteiger partial charge on any atom is -0.497 e. The molecule has 0 unspecified atom stereocenters. The Morgan fingerprint density at radius 2 is 1.86 bits per heavy atom. The van der Waals surface area contributed by atoms with Gasteiger partial charge in [-0.3, -0.25) is 9.59 Å². The molecule has 0 radical (unpaired) electrons. The third-order valence-corrected chi connectivity index (χ3v) is 5.05. The maximum Gasteiger partial charge on any atom is 0.311 e. The topological polar surface area (TPSA) is 61.8 Å². The number of benzene rings is 2. The average molecular weight is 378 g/mol. The Balaban J connectivity index is 1.72. The molecule has 0 saturated carbocycles. The van der Waals surface area contributed by atoms with Crippen molar-refractivity contribution in [1.82, 2.24) is 0 Å². The molecule has 0 N–H and O–H groups in total. The van der Waals surface area contributed by atoms with E-state index in [9.17, 15) is 9.59 Å². The van der Waals surface area contributed by atoms with Gasteiger partial charge in [-0.05, 0) is 48.2 Å². The van der Waals surface area contributed by atoms with Crippen LogP contribution in [0, 0.1) is 5.92 Å². The van der Waals surface area contributed by atoms with E-state index in [4.69, 9.17) is 14.2 Å². The Labute approximate surface area is 163 Å². The van der Waals surface area contributed by atoms with Gasteiger partial charge in [0.2, 0.25) is 5.78 Å². The van der Waals surface area contributed by atoms with Crippen LogP contribution in [-0.2, 0) is 4.79 Å². The van der Waals surface area contributed by atoms with Gasteiger partial charge in [-0.2, -0.15) is 0 Å². The minimum absolute atomic E-state index is 0.0145. The number of Topliss-reactive ketones (excluding diaryl/α,β-unsaturated/α-hetero) is 1. The van der Waals surface area contributed by atoms with Crippen LogP contribution in [0.25, 0.3) is 6.08 Å². The molecule has 0 amide bonds. The molecule has 0 aliphatic carbocycles. The highest BCUT2D eigenvalue weighted by atomic mass is 16.5. The van der Waals surface area contributed by atoms with Crippen LogP contribution >= 0.6 is 0 Å². The van der Waals surface area contributed by atoms with Crippen LogP contribution in [-0.4, -0.2) is 18.9 Å². The fraction of sp³-hybridized carbons (Fsp3) is 0.304. The number of hydrogen-bond acceptors (Lipinski definition) is 5. The number of ether oxygens (including phenoxy) is 3.